The number of rotatable bonds is 3. The van der Waals surface area contributed by atoms with E-state index in [4.69, 9.17) is 0 Å². The summed E-state index contributed by atoms with van der Waals surface area (Å²) in [5.74, 6) is 0.452. The maximum Gasteiger partial charge on any atom is 0.296 e. The number of benzene rings is 1. The second-order valence-electron chi connectivity index (χ2n) is 7.03. The van der Waals surface area contributed by atoms with E-state index in [0.717, 1.165) is 22.8 Å². The van der Waals surface area contributed by atoms with Gasteiger partial charge in [-0.05, 0) is 34.4 Å². The summed E-state index contributed by atoms with van der Waals surface area (Å²) in [5, 5.41) is 11.0. The summed E-state index contributed by atoms with van der Waals surface area (Å²) in [5.41, 5.74) is 2.23. The Morgan fingerprint density at radius 3 is 1.91 bits per heavy atom. The SMILES string of the molecule is CC(C)c1cc(C(C)C)c2c(O)cc(=O)c(=O)[nH]c2c1C(C)C. The molecule has 2 N–H and O–H groups in total. The zero-order valence-corrected chi connectivity index (χ0v) is 14.7. The zero-order valence-electron chi connectivity index (χ0n) is 14.7. The molecule has 4 nitrogen and oxygen atoms in total. The van der Waals surface area contributed by atoms with Gasteiger partial charge in [0.2, 0.25) is 5.43 Å². The lowest BCUT2D eigenvalue weighted by Crippen LogP contribution is -2.22. The van der Waals surface area contributed by atoms with E-state index >= 15 is 0 Å². The number of H-pyrrole nitrogens is 1. The van der Waals surface area contributed by atoms with Gasteiger partial charge in [-0.15, -0.1) is 0 Å². The predicted molar refractivity (Wildman–Crippen MR) is 94.8 cm³/mol. The molecule has 0 aliphatic heterocycles. The van der Waals surface area contributed by atoms with E-state index in [9.17, 15) is 14.7 Å². The van der Waals surface area contributed by atoms with Gasteiger partial charge in [0.1, 0.15) is 5.75 Å². The molecule has 23 heavy (non-hydrogen) atoms. The first-order valence-corrected chi connectivity index (χ1v) is 8.12. The summed E-state index contributed by atoms with van der Waals surface area (Å²) in [7, 11) is 0. The largest absolute Gasteiger partial charge is 0.507 e. The van der Waals surface area contributed by atoms with E-state index < -0.39 is 11.0 Å². The highest BCUT2D eigenvalue weighted by Gasteiger charge is 2.20. The number of aromatic amines is 1. The molecule has 1 heterocycles. The minimum absolute atomic E-state index is 0.135. The molecule has 0 saturated heterocycles. The molecule has 0 fully saturated rings. The van der Waals surface area contributed by atoms with Crippen molar-refractivity contribution in [1.29, 1.82) is 0 Å². The van der Waals surface area contributed by atoms with Crippen molar-refractivity contribution in [1.82, 2.24) is 4.98 Å². The van der Waals surface area contributed by atoms with Crippen LogP contribution >= 0.6 is 0 Å². The number of nitrogens with one attached hydrogen (secondary N) is 1. The van der Waals surface area contributed by atoms with E-state index in [0.29, 0.717) is 10.9 Å². The van der Waals surface area contributed by atoms with E-state index in [1.807, 2.05) is 13.8 Å². The van der Waals surface area contributed by atoms with Crippen LogP contribution in [-0.2, 0) is 0 Å². The lowest BCUT2D eigenvalue weighted by molar-refractivity contribution is 0.481. The lowest BCUT2D eigenvalue weighted by atomic mass is 9.84. The molecule has 0 amide bonds. The van der Waals surface area contributed by atoms with Crippen molar-refractivity contribution in [2.24, 2.45) is 0 Å². The predicted octanol–water partition coefficient (Wildman–Crippen LogP) is 3.96. The minimum Gasteiger partial charge on any atom is -0.507 e. The highest BCUT2D eigenvalue weighted by molar-refractivity contribution is 5.91. The lowest BCUT2D eigenvalue weighted by Gasteiger charge is -2.22. The number of hydrogen-bond donors (Lipinski definition) is 2. The van der Waals surface area contributed by atoms with Crippen LogP contribution in [0.5, 0.6) is 5.75 Å². The Balaban J connectivity index is 3.23. The van der Waals surface area contributed by atoms with E-state index in [-0.39, 0.29) is 23.5 Å². The summed E-state index contributed by atoms with van der Waals surface area (Å²) in [6.07, 6.45) is 0. The molecule has 0 radical (unpaired) electrons. The standard InChI is InChI=1S/C19H25NO3/c1-9(2)12-7-13(10(3)4)17-14(21)8-15(22)19(23)20-18(17)16(12)11(5)6/h7-11,21H,1-6H3,(H,20,22,23). The Labute approximate surface area is 136 Å². The Kier molecular flexibility index (Phi) is 4.64. The first kappa shape index (κ1) is 17.3. The highest BCUT2D eigenvalue weighted by atomic mass is 16.3. The third kappa shape index (κ3) is 3.03. The van der Waals surface area contributed by atoms with E-state index in [1.165, 1.54) is 0 Å². The monoisotopic (exact) mass is 315 g/mol. The van der Waals surface area contributed by atoms with Crippen LogP contribution in [0.25, 0.3) is 10.9 Å². The van der Waals surface area contributed by atoms with Crippen molar-refractivity contribution in [2.45, 2.75) is 59.3 Å². The van der Waals surface area contributed by atoms with Crippen LogP contribution in [0.15, 0.2) is 21.7 Å². The van der Waals surface area contributed by atoms with Crippen molar-refractivity contribution >= 4 is 10.9 Å². The molecule has 124 valence electrons. The molecular formula is C19H25NO3. The van der Waals surface area contributed by atoms with Gasteiger partial charge >= 0.3 is 0 Å². The molecule has 2 rings (SSSR count). The van der Waals surface area contributed by atoms with Crippen molar-refractivity contribution in [3.05, 3.63) is 49.4 Å². The molecule has 4 heteroatoms. The Morgan fingerprint density at radius 1 is 0.870 bits per heavy atom. The summed E-state index contributed by atoms with van der Waals surface area (Å²) in [6, 6.07) is 3.13. The fourth-order valence-corrected chi connectivity index (χ4v) is 3.14. The van der Waals surface area contributed by atoms with Gasteiger partial charge in [0.15, 0.2) is 0 Å². The second kappa shape index (κ2) is 6.19. The van der Waals surface area contributed by atoms with Gasteiger partial charge in [-0.1, -0.05) is 47.6 Å². The molecule has 1 aromatic heterocycles. The molecule has 0 unspecified atom stereocenters. The molecule has 2 aromatic rings. The first-order valence-electron chi connectivity index (χ1n) is 8.12. The molecule has 0 aliphatic carbocycles. The molecule has 0 atom stereocenters. The van der Waals surface area contributed by atoms with Gasteiger partial charge in [-0.25, -0.2) is 0 Å². The van der Waals surface area contributed by atoms with Gasteiger partial charge < -0.3 is 10.1 Å². The van der Waals surface area contributed by atoms with Crippen LogP contribution in [0.3, 0.4) is 0 Å². The van der Waals surface area contributed by atoms with Gasteiger partial charge in [-0.2, -0.15) is 0 Å². The molecule has 0 bridgehead atoms. The number of aromatic hydroxyl groups is 1. The topological polar surface area (TPSA) is 70.2 Å². The number of aromatic nitrogens is 1. The van der Waals surface area contributed by atoms with Crippen molar-refractivity contribution in [3.8, 4) is 5.75 Å². The third-order valence-corrected chi connectivity index (χ3v) is 4.24. The fraction of sp³-hybridized carbons (Fsp3) is 0.474. The van der Waals surface area contributed by atoms with Crippen LogP contribution in [-0.4, -0.2) is 10.1 Å². The second-order valence-corrected chi connectivity index (χ2v) is 7.03. The van der Waals surface area contributed by atoms with Crippen molar-refractivity contribution in [2.75, 3.05) is 0 Å². The zero-order chi connectivity index (χ0) is 17.5. The van der Waals surface area contributed by atoms with Crippen molar-refractivity contribution < 1.29 is 5.11 Å². The molecule has 1 aromatic carbocycles. The van der Waals surface area contributed by atoms with Crippen LogP contribution in [0, 0.1) is 0 Å². The Hall–Kier alpha value is -2.10. The highest BCUT2D eigenvalue weighted by Crippen LogP contribution is 2.39. The van der Waals surface area contributed by atoms with Crippen LogP contribution < -0.4 is 11.0 Å². The normalized spacial score (nSPS) is 11.9. The minimum atomic E-state index is -0.728. The summed E-state index contributed by atoms with van der Waals surface area (Å²) in [6.45, 7) is 12.4. The van der Waals surface area contributed by atoms with Crippen molar-refractivity contribution in [3.63, 3.8) is 0 Å². The summed E-state index contributed by atoms with van der Waals surface area (Å²) < 4.78 is 0. The van der Waals surface area contributed by atoms with Crippen LogP contribution in [0.4, 0.5) is 0 Å². The fourth-order valence-electron chi connectivity index (χ4n) is 3.14. The number of fused-ring (bicyclic) bond motifs is 1. The molecule has 0 spiro atoms. The maximum absolute atomic E-state index is 12.0. The third-order valence-electron chi connectivity index (χ3n) is 4.24. The maximum atomic E-state index is 12.0. The summed E-state index contributed by atoms with van der Waals surface area (Å²) >= 11 is 0. The average molecular weight is 315 g/mol. The van der Waals surface area contributed by atoms with Gasteiger partial charge in [0.05, 0.1) is 5.52 Å². The number of hydrogen-bond acceptors (Lipinski definition) is 3. The van der Waals surface area contributed by atoms with Gasteiger partial charge in [0.25, 0.3) is 5.56 Å². The molecule has 0 saturated carbocycles. The van der Waals surface area contributed by atoms with E-state index in [2.05, 4.69) is 38.7 Å². The van der Waals surface area contributed by atoms with Gasteiger partial charge in [-0.3, -0.25) is 9.59 Å². The Bertz CT molecular complexity index is 861. The van der Waals surface area contributed by atoms with E-state index in [1.54, 1.807) is 0 Å². The quantitative estimate of drug-likeness (QED) is 0.842. The van der Waals surface area contributed by atoms with Gasteiger partial charge in [0, 0.05) is 11.5 Å². The molecule has 0 aliphatic rings. The van der Waals surface area contributed by atoms with Crippen LogP contribution in [0.1, 0.15) is 76.0 Å². The smallest absolute Gasteiger partial charge is 0.296 e. The summed E-state index contributed by atoms with van der Waals surface area (Å²) in [4.78, 5) is 26.6. The van der Waals surface area contributed by atoms with Crippen LogP contribution in [0.2, 0.25) is 0 Å². The Morgan fingerprint density at radius 2 is 1.43 bits per heavy atom. The average Bonchev–Trinajstić information content (AvgIpc) is 2.54. The molecular weight excluding hydrogens is 290 g/mol. The first-order chi connectivity index (χ1) is 10.6.